The molecule has 0 amide bonds. The molecule has 0 radical (unpaired) electrons. The van der Waals surface area contributed by atoms with Crippen molar-refractivity contribution >= 4 is 5.57 Å². The molecule has 1 unspecified atom stereocenters. The predicted molar refractivity (Wildman–Crippen MR) is 81.8 cm³/mol. The Bertz CT molecular complexity index is 425. The normalized spacial score (nSPS) is 12.7. The van der Waals surface area contributed by atoms with Gasteiger partial charge in [0, 0.05) is 12.6 Å². The Hall–Kier alpha value is -1.15. The molecule has 0 aromatic heterocycles. The van der Waals surface area contributed by atoms with Crippen molar-refractivity contribution < 1.29 is 4.39 Å². The Morgan fingerprint density at radius 3 is 2.63 bits per heavy atom. The molecule has 106 valence electrons. The molecular weight excluding hydrogens is 237 g/mol. The van der Waals surface area contributed by atoms with Crippen LogP contribution in [0.1, 0.15) is 44.7 Å². The van der Waals surface area contributed by atoms with Crippen LogP contribution in [0.15, 0.2) is 24.8 Å². The molecule has 1 atom stereocenters. The van der Waals surface area contributed by atoms with Gasteiger partial charge in [0.05, 0.1) is 0 Å². The maximum absolute atomic E-state index is 13.3. The first-order valence-electron chi connectivity index (χ1n) is 7.17. The summed E-state index contributed by atoms with van der Waals surface area (Å²) >= 11 is 0. The van der Waals surface area contributed by atoms with Crippen LogP contribution in [0, 0.1) is 12.7 Å². The fraction of sp³-hybridized carbons (Fsp3) is 0.529. The fourth-order valence-corrected chi connectivity index (χ4v) is 2.34. The van der Waals surface area contributed by atoms with Gasteiger partial charge in [-0.1, -0.05) is 26.5 Å². The first-order chi connectivity index (χ1) is 8.99. The van der Waals surface area contributed by atoms with Gasteiger partial charge in [-0.25, -0.2) is 4.39 Å². The zero-order chi connectivity index (χ0) is 14.4. The average Bonchev–Trinajstić information content (AvgIpc) is 2.41. The molecule has 0 aliphatic rings. The Morgan fingerprint density at radius 2 is 2.05 bits per heavy atom. The number of nitrogens with zero attached hydrogens (tertiary/aromatic N) is 1. The van der Waals surface area contributed by atoms with Gasteiger partial charge in [-0.15, -0.1) is 0 Å². The number of halogens is 1. The number of aryl methyl sites for hydroxylation is 1. The number of benzene rings is 1. The van der Waals surface area contributed by atoms with E-state index in [9.17, 15) is 4.39 Å². The van der Waals surface area contributed by atoms with Gasteiger partial charge >= 0.3 is 0 Å². The highest BCUT2D eigenvalue weighted by Gasteiger charge is 2.11. The second-order valence-electron chi connectivity index (χ2n) is 5.20. The minimum atomic E-state index is -0.184. The monoisotopic (exact) mass is 263 g/mol. The Kier molecular flexibility index (Phi) is 6.23. The van der Waals surface area contributed by atoms with E-state index in [1.54, 1.807) is 6.07 Å². The molecule has 2 heteroatoms. The van der Waals surface area contributed by atoms with Crippen molar-refractivity contribution in [2.45, 2.75) is 46.6 Å². The van der Waals surface area contributed by atoms with E-state index in [2.05, 4.69) is 32.3 Å². The Labute approximate surface area is 117 Å². The average molecular weight is 263 g/mol. The van der Waals surface area contributed by atoms with Crippen LogP contribution in [-0.2, 0) is 0 Å². The van der Waals surface area contributed by atoms with E-state index < -0.39 is 0 Å². The van der Waals surface area contributed by atoms with Crippen LogP contribution in [-0.4, -0.2) is 24.0 Å². The Balaban J connectivity index is 2.67. The molecule has 0 fully saturated rings. The van der Waals surface area contributed by atoms with Crippen LogP contribution < -0.4 is 0 Å². The summed E-state index contributed by atoms with van der Waals surface area (Å²) in [6.45, 7) is 14.8. The largest absolute Gasteiger partial charge is 0.301 e. The SMILES string of the molecule is C=C(CCN(CC)C(C)CC)c1cc(F)ccc1C. The lowest BCUT2D eigenvalue weighted by Gasteiger charge is -2.27. The van der Waals surface area contributed by atoms with Crippen molar-refractivity contribution in [2.75, 3.05) is 13.1 Å². The fourth-order valence-electron chi connectivity index (χ4n) is 2.34. The summed E-state index contributed by atoms with van der Waals surface area (Å²) in [5.41, 5.74) is 3.08. The van der Waals surface area contributed by atoms with Crippen LogP contribution in [0.4, 0.5) is 4.39 Å². The molecule has 1 rings (SSSR count). The molecule has 0 saturated heterocycles. The van der Waals surface area contributed by atoms with Crippen molar-refractivity contribution in [3.63, 3.8) is 0 Å². The maximum Gasteiger partial charge on any atom is 0.123 e. The van der Waals surface area contributed by atoms with Gasteiger partial charge in [0.2, 0.25) is 0 Å². The summed E-state index contributed by atoms with van der Waals surface area (Å²) in [5.74, 6) is -0.184. The molecule has 0 spiro atoms. The van der Waals surface area contributed by atoms with E-state index in [4.69, 9.17) is 0 Å². The quantitative estimate of drug-likeness (QED) is 0.691. The standard InChI is InChI=1S/C17H26FN/c1-6-15(5)19(7-2)11-10-14(4)17-12-16(18)9-8-13(17)3/h8-9,12,15H,4,6-7,10-11H2,1-3,5H3. The van der Waals surface area contributed by atoms with Crippen molar-refractivity contribution in [3.8, 4) is 0 Å². The van der Waals surface area contributed by atoms with Crippen molar-refractivity contribution in [1.82, 2.24) is 4.90 Å². The third-order valence-electron chi connectivity index (χ3n) is 3.90. The smallest absolute Gasteiger partial charge is 0.123 e. The van der Waals surface area contributed by atoms with E-state index in [0.29, 0.717) is 6.04 Å². The third-order valence-corrected chi connectivity index (χ3v) is 3.90. The third kappa shape index (κ3) is 4.46. The molecule has 0 N–H and O–H groups in total. The lowest BCUT2D eigenvalue weighted by molar-refractivity contribution is 0.220. The lowest BCUT2D eigenvalue weighted by Crippen LogP contribution is -2.33. The maximum atomic E-state index is 13.3. The summed E-state index contributed by atoms with van der Waals surface area (Å²) in [6.07, 6.45) is 2.04. The van der Waals surface area contributed by atoms with E-state index >= 15 is 0 Å². The highest BCUT2D eigenvalue weighted by atomic mass is 19.1. The number of hydrogen-bond donors (Lipinski definition) is 0. The van der Waals surface area contributed by atoms with E-state index in [1.807, 2.05) is 13.0 Å². The summed E-state index contributed by atoms with van der Waals surface area (Å²) in [4.78, 5) is 2.44. The van der Waals surface area contributed by atoms with Gasteiger partial charge in [-0.2, -0.15) is 0 Å². The molecule has 1 aromatic carbocycles. The molecule has 0 aliphatic carbocycles. The van der Waals surface area contributed by atoms with Crippen LogP contribution in [0.25, 0.3) is 5.57 Å². The molecule has 1 nitrogen and oxygen atoms in total. The summed E-state index contributed by atoms with van der Waals surface area (Å²) in [6, 6.07) is 5.51. The second kappa shape index (κ2) is 7.44. The number of hydrogen-bond acceptors (Lipinski definition) is 1. The van der Waals surface area contributed by atoms with Gasteiger partial charge < -0.3 is 4.90 Å². The molecule has 0 saturated carbocycles. The summed E-state index contributed by atoms with van der Waals surface area (Å²) in [7, 11) is 0. The molecule has 0 aliphatic heterocycles. The molecule has 1 aromatic rings. The van der Waals surface area contributed by atoms with Gasteiger partial charge in [0.25, 0.3) is 0 Å². The topological polar surface area (TPSA) is 3.24 Å². The minimum absolute atomic E-state index is 0.184. The van der Waals surface area contributed by atoms with Gasteiger partial charge in [0.15, 0.2) is 0 Å². The van der Waals surface area contributed by atoms with Gasteiger partial charge in [0.1, 0.15) is 5.82 Å². The van der Waals surface area contributed by atoms with Crippen molar-refractivity contribution in [2.24, 2.45) is 0 Å². The van der Waals surface area contributed by atoms with Gasteiger partial charge in [-0.3, -0.25) is 0 Å². The Morgan fingerprint density at radius 1 is 1.37 bits per heavy atom. The molecule has 0 heterocycles. The van der Waals surface area contributed by atoms with Crippen LogP contribution in [0.3, 0.4) is 0 Å². The van der Waals surface area contributed by atoms with Crippen LogP contribution in [0.2, 0.25) is 0 Å². The lowest BCUT2D eigenvalue weighted by atomic mass is 9.99. The molecule has 0 bridgehead atoms. The molecule has 19 heavy (non-hydrogen) atoms. The molecular formula is C17H26FN. The van der Waals surface area contributed by atoms with Crippen LogP contribution in [0.5, 0.6) is 0 Å². The van der Waals surface area contributed by atoms with Crippen molar-refractivity contribution in [3.05, 3.63) is 41.7 Å². The number of rotatable bonds is 7. The first-order valence-corrected chi connectivity index (χ1v) is 7.17. The predicted octanol–water partition coefficient (Wildman–Crippen LogP) is 4.66. The summed E-state index contributed by atoms with van der Waals surface area (Å²) < 4.78 is 13.3. The second-order valence-corrected chi connectivity index (χ2v) is 5.20. The van der Waals surface area contributed by atoms with Gasteiger partial charge in [-0.05, 0) is 62.1 Å². The zero-order valence-corrected chi connectivity index (χ0v) is 12.7. The minimum Gasteiger partial charge on any atom is -0.301 e. The zero-order valence-electron chi connectivity index (χ0n) is 12.7. The van der Waals surface area contributed by atoms with E-state index in [1.165, 1.54) is 6.07 Å². The first kappa shape index (κ1) is 15.9. The highest BCUT2D eigenvalue weighted by Crippen LogP contribution is 2.22. The van der Waals surface area contributed by atoms with Crippen molar-refractivity contribution in [1.29, 1.82) is 0 Å². The summed E-state index contributed by atoms with van der Waals surface area (Å²) in [5, 5.41) is 0. The van der Waals surface area contributed by atoms with E-state index in [0.717, 1.165) is 42.6 Å². The highest BCUT2D eigenvalue weighted by molar-refractivity contribution is 5.66. The van der Waals surface area contributed by atoms with Crippen LogP contribution >= 0.6 is 0 Å². The van der Waals surface area contributed by atoms with E-state index in [-0.39, 0.29) is 5.82 Å².